The molecule has 3 aliphatic rings. The van der Waals surface area contributed by atoms with Crippen LogP contribution in [0.3, 0.4) is 0 Å². The number of carbonyl (C=O) groups excluding carboxylic acids is 2. The molecule has 2 atom stereocenters. The van der Waals surface area contributed by atoms with E-state index in [1.165, 1.54) is 21.6 Å². The molecule has 182 valence electrons. The van der Waals surface area contributed by atoms with Crippen molar-refractivity contribution in [1.29, 1.82) is 0 Å². The van der Waals surface area contributed by atoms with Crippen LogP contribution in [-0.2, 0) is 17.8 Å². The van der Waals surface area contributed by atoms with Gasteiger partial charge in [0.1, 0.15) is 6.04 Å². The standard InChI is InChI=1S/C27H36N4O2S/c1-18(2)19-5-7-20(8-6-19)24(30-14-11-25-21(17-30)12-15-34-25)16-28-27(33)31-13-3-4-23(31)26(32)29-22-9-10-22/h5-8,12,15,18,22-24H,3-4,9-11,13-14,16-17H2,1-2H3,(H,28,33)(H,29,32). The Bertz CT molecular complexity index is 1010. The average Bonchev–Trinajstić information content (AvgIpc) is 3.32. The smallest absolute Gasteiger partial charge is 0.318 e. The Kier molecular flexibility index (Phi) is 6.93. The number of nitrogens with one attached hydrogen (secondary N) is 2. The Balaban J connectivity index is 1.29. The number of hydrogen-bond donors (Lipinski definition) is 2. The number of nitrogens with zero attached hydrogens (tertiary/aromatic N) is 2. The van der Waals surface area contributed by atoms with Crippen molar-refractivity contribution < 1.29 is 9.59 Å². The molecule has 2 unspecified atom stereocenters. The molecule has 6 nitrogen and oxygen atoms in total. The van der Waals surface area contributed by atoms with Crippen molar-refractivity contribution in [3.63, 3.8) is 0 Å². The highest BCUT2D eigenvalue weighted by molar-refractivity contribution is 7.10. The zero-order valence-corrected chi connectivity index (χ0v) is 21.1. The highest BCUT2D eigenvalue weighted by Gasteiger charge is 2.37. The minimum Gasteiger partial charge on any atom is -0.352 e. The number of likely N-dealkylation sites (tertiary alicyclic amines) is 1. The molecule has 0 spiro atoms. The normalized spacial score (nSPS) is 21.4. The van der Waals surface area contributed by atoms with E-state index in [0.29, 0.717) is 25.0 Å². The van der Waals surface area contributed by atoms with Crippen molar-refractivity contribution in [2.45, 2.75) is 76.5 Å². The Morgan fingerprint density at radius 3 is 2.56 bits per heavy atom. The van der Waals surface area contributed by atoms with Gasteiger partial charge in [0.2, 0.25) is 5.91 Å². The van der Waals surface area contributed by atoms with Crippen LogP contribution in [0.4, 0.5) is 4.79 Å². The van der Waals surface area contributed by atoms with Gasteiger partial charge in [0, 0.05) is 37.1 Å². The van der Waals surface area contributed by atoms with Crippen LogP contribution in [0.15, 0.2) is 35.7 Å². The molecule has 0 radical (unpaired) electrons. The van der Waals surface area contributed by atoms with E-state index in [4.69, 9.17) is 0 Å². The molecule has 34 heavy (non-hydrogen) atoms. The summed E-state index contributed by atoms with van der Waals surface area (Å²) in [4.78, 5) is 31.6. The Morgan fingerprint density at radius 1 is 1.06 bits per heavy atom. The maximum atomic E-state index is 13.2. The molecule has 5 rings (SSSR count). The fraction of sp³-hybridized carbons (Fsp3) is 0.556. The van der Waals surface area contributed by atoms with Crippen LogP contribution < -0.4 is 10.6 Å². The van der Waals surface area contributed by atoms with Gasteiger partial charge in [-0.15, -0.1) is 11.3 Å². The summed E-state index contributed by atoms with van der Waals surface area (Å²) in [6, 6.07) is 11.1. The van der Waals surface area contributed by atoms with Crippen LogP contribution in [0, 0.1) is 0 Å². The Hall–Kier alpha value is -2.38. The van der Waals surface area contributed by atoms with E-state index in [9.17, 15) is 9.59 Å². The topological polar surface area (TPSA) is 64.7 Å². The number of thiophene rings is 1. The summed E-state index contributed by atoms with van der Waals surface area (Å²) < 4.78 is 0. The van der Waals surface area contributed by atoms with E-state index < -0.39 is 0 Å². The molecule has 2 fully saturated rings. The van der Waals surface area contributed by atoms with Crippen molar-refractivity contribution in [3.05, 3.63) is 57.3 Å². The van der Waals surface area contributed by atoms with E-state index in [-0.39, 0.29) is 24.0 Å². The molecular weight excluding hydrogens is 444 g/mol. The molecule has 3 amide bonds. The van der Waals surface area contributed by atoms with E-state index in [1.54, 1.807) is 4.90 Å². The van der Waals surface area contributed by atoms with Crippen molar-refractivity contribution in [2.24, 2.45) is 0 Å². The van der Waals surface area contributed by atoms with Gasteiger partial charge in [-0.3, -0.25) is 9.69 Å². The number of urea groups is 1. The van der Waals surface area contributed by atoms with Gasteiger partial charge in [0.05, 0.1) is 6.04 Å². The third-order valence-electron chi connectivity index (χ3n) is 7.45. The minimum absolute atomic E-state index is 0.0111. The quantitative estimate of drug-likeness (QED) is 0.617. The van der Waals surface area contributed by atoms with Crippen molar-refractivity contribution in [3.8, 4) is 0 Å². The first-order valence-electron chi connectivity index (χ1n) is 12.7. The molecule has 1 aliphatic carbocycles. The van der Waals surface area contributed by atoms with Gasteiger partial charge >= 0.3 is 6.03 Å². The van der Waals surface area contributed by atoms with Crippen molar-refractivity contribution >= 4 is 23.3 Å². The molecule has 1 saturated carbocycles. The summed E-state index contributed by atoms with van der Waals surface area (Å²) in [6.45, 7) is 7.48. The second kappa shape index (κ2) is 10.1. The van der Waals surface area contributed by atoms with Gasteiger partial charge in [-0.1, -0.05) is 38.1 Å². The number of carbonyl (C=O) groups is 2. The predicted octanol–water partition coefficient (Wildman–Crippen LogP) is 4.42. The molecule has 1 saturated heterocycles. The van der Waals surface area contributed by atoms with Crippen molar-refractivity contribution in [2.75, 3.05) is 19.6 Å². The summed E-state index contributed by atoms with van der Waals surface area (Å²) >= 11 is 1.85. The van der Waals surface area contributed by atoms with E-state index in [2.05, 4.69) is 65.1 Å². The Labute approximate surface area is 206 Å². The first-order chi connectivity index (χ1) is 16.5. The van der Waals surface area contributed by atoms with Crippen LogP contribution >= 0.6 is 11.3 Å². The SMILES string of the molecule is CC(C)c1ccc(C(CNC(=O)N2CCCC2C(=O)NC2CC2)N2CCc3sccc3C2)cc1. The van der Waals surface area contributed by atoms with Gasteiger partial charge < -0.3 is 15.5 Å². The van der Waals surface area contributed by atoms with Crippen LogP contribution in [0.25, 0.3) is 0 Å². The molecular formula is C27H36N4O2S. The number of rotatable bonds is 7. The molecule has 1 aromatic carbocycles. The first-order valence-corrected chi connectivity index (χ1v) is 13.6. The lowest BCUT2D eigenvalue weighted by atomic mass is 9.97. The fourth-order valence-corrected chi connectivity index (χ4v) is 6.08. The highest BCUT2D eigenvalue weighted by atomic mass is 32.1. The second-order valence-corrected chi connectivity index (χ2v) is 11.2. The maximum Gasteiger partial charge on any atom is 0.318 e. The van der Waals surface area contributed by atoms with Gasteiger partial charge in [-0.05, 0) is 66.2 Å². The van der Waals surface area contributed by atoms with Gasteiger partial charge in [-0.2, -0.15) is 0 Å². The van der Waals surface area contributed by atoms with E-state index in [1.807, 2.05) is 11.3 Å². The summed E-state index contributed by atoms with van der Waals surface area (Å²) in [5.74, 6) is 0.501. The molecule has 2 N–H and O–H groups in total. The Morgan fingerprint density at radius 2 is 1.82 bits per heavy atom. The van der Waals surface area contributed by atoms with Gasteiger partial charge in [0.15, 0.2) is 0 Å². The minimum atomic E-state index is -0.340. The average molecular weight is 481 g/mol. The number of hydrogen-bond acceptors (Lipinski definition) is 4. The summed E-state index contributed by atoms with van der Waals surface area (Å²) in [7, 11) is 0. The third-order valence-corrected chi connectivity index (χ3v) is 8.48. The fourth-order valence-electron chi connectivity index (χ4n) is 5.19. The zero-order valence-electron chi connectivity index (χ0n) is 20.3. The van der Waals surface area contributed by atoms with Crippen LogP contribution in [-0.4, -0.2) is 53.5 Å². The molecule has 2 aromatic rings. The predicted molar refractivity (Wildman–Crippen MR) is 136 cm³/mol. The highest BCUT2D eigenvalue weighted by Crippen LogP contribution is 2.31. The second-order valence-electron chi connectivity index (χ2n) is 10.2. The lowest BCUT2D eigenvalue weighted by Gasteiger charge is -2.35. The molecule has 1 aromatic heterocycles. The van der Waals surface area contributed by atoms with Gasteiger partial charge in [0.25, 0.3) is 0 Å². The lowest BCUT2D eigenvalue weighted by molar-refractivity contribution is -0.124. The first kappa shape index (κ1) is 23.4. The lowest BCUT2D eigenvalue weighted by Crippen LogP contribution is -2.51. The monoisotopic (exact) mass is 480 g/mol. The summed E-state index contributed by atoms with van der Waals surface area (Å²) in [5.41, 5.74) is 3.96. The van der Waals surface area contributed by atoms with Crippen LogP contribution in [0.5, 0.6) is 0 Å². The summed E-state index contributed by atoms with van der Waals surface area (Å²) in [6.07, 6.45) is 4.80. The van der Waals surface area contributed by atoms with Crippen molar-refractivity contribution in [1.82, 2.24) is 20.4 Å². The zero-order chi connectivity index (χ0) is 23.7. The number of fused-ring (bicyclic) bond motifs is 1. The van der Waals surface area contributed by atoms with E-state index in [0.717, 1.165) is 45.2 Å². The number of benzene rings is 1. The molecule has 0 bridgehead atoms. The van der Waals surface area contributed by atoms with Crippen LogP contribution in [0.2, 0.25) is 0 Å². The molecule has 7 heteroatoms. The van der Waals surface area contributed by atoms with Gasteiger partial charge in [-0.25, -0.2) is 4.79 Å². The third kappa shape index (κ3) is 5.15. The number of amides is 3. The largest absolute Gasteiger partial charge is 0.352 e. The summed E-state index contributed by atoms with van der Waals surface area (Å²) in [5, 5.41) is 8.46. The molecule has 3 heterocycles. The maximum absolute atomic E-state index is 13.2. The molecule has 2 aliphatic heterocycles. The van der Waals surface area contributed by atoms with E-state index >= 15 is 0 Å². The van der Waals surface area contributed by atoms with Crippen LogP contribution in [0.1, 0.15) is 73.1 Å².